The molecule has 0 saturated carbocycles. The Kier molecular flexibility index (Phi) is 4.10. The summed E-state index contributed by atoms with van der Waals surface area (Å²) in [7, 11) is 0. The Bertz CT molecular complexity index is 601. The first-order valence-corrected chi connectivity index (χ1v) is 8.49. The van der Waals surface area contributed by atoms with Gasteiger partial charge in [-0.05, 0) is 41.9 Å². The van der Waals surface area contributed by atoms with Crippen molar-refractivity contribution in [1.29, 1.82) is 0 Å². The number of hydrogen-bond donors (Lipinski definition) is 1. The fraction of sp³-hybridized carbons (Fsp3) is 0.333. The molecule has 0 fully saturated rings. The molecule has 106 valence electrons. The summed E-state index contributed by atoms with van der Waals surface area (Å²) in [5.74, 6) is 1.14. The zero-order valence-corrected chi connectivity index (χ0v) is 12.5. The van der Waals surface area contributed by atoms with E-state index in [0.29, 0.717) is 12.0 Å². The number of nitrogens with two attached hydrogens (primary N) is 1. The monoisotopic (exact) mass is 311 g/mol. The van der Waals surface area contributed by atoms with Crippen LogP contribution in [0.4, 0.5) is 8.78 Å². The molecule has 0 bridgehead atoms. The normalized spacial score (nSPS) is 15.9. The summed E-state index contributed by atoms with van der Waals surface area (Å²) in [5.41, 5.74) is 8.03. The maximum Gasteiger partial charge on any atom is 0.129 e. The second-order valence-electron chi connectivity index (χ2n) is 4.95. The quantitative estimate of drug-likeness (QED) is 0.925. The van der Waals surface area contributed by atoms with Crippen LogP contribution in [0.5, 0.6) is 0 Å². The van der Waals surface area contributed by atoms with Crippen LogP contribution in [-0.4, -0.2) is 5.75 Å². The third kappa shape index (κ3) is 2.90. The maximum absolute atomic E-state index is 13.7. The van der Waals surface area contributed by atoms with E-state index in [1.807, 2.05) is 11.8 Å². The van der Waals surface area contributed by atoms with Gasteiger partial charge in [0.1, 0.15) is 11.6 Å². The van der Waals surface area contributed by atoms with Gasteiger partial charge in [-0.25, -0.2) is 8.78 Å². The Morgan fingerprint density at radius 1 is 1.25 bits per heavy atom. The fourth-order valence-electron chi connectivity index (χ4n) is 2.38. The van der Waals surface area contributed by atoms with Gasteiger partial charge in [-0.15, -0.1) is 11.3 Å². The molecule has 1 aliphatic heterocycles. The van der Waals surface area contributed by atoms with E-state index < -0.39 is 11.6 Å². The van der Waals surface area contributed by atoms with Crippen LogP contribution in [-0.2, 0) is 18.6 Å². The Morgan fingerprint density at radius 3 is 2.85 bits per heavy atom. The standard InChI is InChI=1S/C15H15F2NS2/c16-11-2-1-9(12(17)7-11)5-13(18)15-6-10-8-19-4-3-14(10)20-15/h1-2,6-7,13H,3-5,8,18H2. The van der Waals surface area contributed by atoms with Gasteiger partial charge in [-0.3, -0.25) is 0 Å². The summed E-state index contributed by atoms with van der Waals surface area (Å²) < 4.78 is 26.5. The van der Waals surface area contributed by atoms with Gasteiger partial charge < -0.3 is 5.73 Å². The van der Waals surface area contributed by atoms with Gasteiger partial charge in [-0.2, -0.15) is 11.8 Å². The molecule has 20 heavy (non-hydrogen) atoms. The lowest BCUT2D eigenvalue weighted by Gasteiger charge is -2.10. The van der Waals surface area contributed by atoms with E-state index in [2.05, 4.69) is 6.07 Å². The molecule has 1 aromatic carbocycles. The van der Waals surface area contributed by atoms with Gasteiger partial charge in [0.15, 0.2) is 0 Å². The zero-order chi connectivity index (χ0) is 14.1. The van der Waals surface area contributed by atoms with Gasteiger partial charge in [0.2, 0.25) is 0 Å². The van der Waals surface area contributed by atoms with Crippen LogP contribution in [0, 0.1) is 11.6 Å². The van der Waals surface area contributed by atoms with Crippen LogP contribution < -0.4 is 5.73 Å². The predicted molar refractivity (Wildman–Crippen MR) is 81.2 cm³/mol. The van der Waals surface area contributed by atoms with Gasteiger partial charge in [0.25, 0.3) is 0 Å². The molecular formula is C15H15F2NS2. The second-order valence-corrected chi connectivity index (χ2v) is 7.22. The van der Waals surface area contributed by atoms with Crippen molar-refractivity contribution in [2.75, 3.05) is 5.75 Å². The average Bonchev–Trinajstić information content (AvgIpc) is 2.86. The highest BCUT2D eigenvalue weighted by molar-refractivity contribution is 7.98. The smallest absolute Gasteiger partial charge is 0.129 e. The molecule has 2 N–H and O–H groups in total. The highest BCUT2D eigenvalue weighted by Crippen LogP contribution is 2.34. The highest BCUT2D eigenvalue weighted by atomic mass is 32.2. The van der Waals surface area contributed by atoms with Crippen LogP contribution in [0.3, 0.4) is 0 Å². The first kappa shape index (κ1) is 14.0. The van der Waals surface area contributed by atoms with Crippen LogP contribution in [0.25, 0.3) is 0 Å². The second kappa shape index (κ2) is 5.84. The number of thioether (sulfide) groups is 1. The topological polar surface area (TPSA) is 26.0 Å². The number of rotatable bonds is 3. The van der Waals surface area contributed by atoms with Gasteiger partial charge in [0.05, 0.1) is 0 Å². The molecule has 3 rings (SSSR count). The van der Waals surface area contributed by atoms with E-state index in [-0.39, 0.29) is 6.04 Å². The molecule has 0 saturated heterocycles. The van der Waals surface area contributed by atoms with Crippen LogP contribution in [0.15, 0.2) is 24.3 Å². The fourth-order valence-corrected chi connectivity index (χ4v) is 4.76. The number of halogens is 2. The number of benzene rings is 1. The van der Waals surface area contributed by atoms with Crippen molar-refractivity contribution in [3.05, 3.63) is 56.8 Å². The minimum Gasteiger partial charge on any atom is -0.323 e. The lowest BCUT2D eigenvalue weighted by molar-refractivity contribution is 0.564. The third-order valence-corrected chi connectivity index (χ3v) is 5.84. The lowest BCUT2D eigenvalue weighted by Crippen LogP contribution is -2.12. The number of thiophene rings is 1. The Balaban J connectivity index is 1.78. The molecule has 2 heterocycles. The van der Waals surface area contributed by atoms with E-state index in [4.69, 9.17) is 5.73 Å². The van der Waals surface area contributed by atoms with Crippen LogP contribution >= 0.6 is 23.1 Å². The van der Waals surface area contributed by atoms with Crippen molar-refractivity contribution in [1.82, 2.24) is 0 Å². The maximum atomic E-state index is 13.7. The Labute approximate surface area is 125 Å². The predicted octanol–water partition coefficient (Wildman–Crippen LogP) is 4.06. The summed E-state index contributed by atoms with van der Waals surface area (Å²) in [6, 6.07) is 5.60. The van der Waals surface area contributed by atoms with E-state index in [1.165, 1.54) is 22.6 Å². The third-order valence-electron chi connectivity index (χ3n) is 3.47. The first-order chi connectivity index (χ1) is 9.63. The summed E-state index contributed by atoms with van der Waals surface area (Å²) in [6.07, 6.45) is 1.50. The molecule has 0 radical (unpaired) electrons. The molecule has 0 amide bonds. The highest BCUT2D eigenvalue weighted by Gasteiger charge is 2.18. The van der Waals surface area contributed by atoms with Gasteiger partial charge in [-0.1, -0.05) is 6.07 Å². The van der Waals surface area contributed by atoms with E-state index in [0.717, 1.165) is 28.9 Å². The van der Waals surface area contributed by atoms with E-state index >= 15 is 0 Å². The molecular weight excluding hydrogens is 296 g/mol. The van der Waals surface area contributed by atoms with Crippen molar-refractivity contribution in [3.8, 4) is 0 Å². The lowest BCUT2D eigenvalue weighted by atomic mass is 10.0. The SMILES string of the molecule is NC(Cc1ccc(F)cc1F)c1cc2c(s1)CCSC2. The summed E-state index contributed by atoms with van der Waals surface area (Å²) >= 11 is 3.67. The van der Waals surface area contributed by atoms with Gasteiger partial charge in [0, 0.05) is 27.6 Å². The van der Waals surface area contributed by atoms with Crippen molar-refractivity contribution in [3.63, 3.8) is 0 Å². The van der Waals surface area contributed by atoms with E-state index in [9.17, 15) is 8.78 Å². The van der Waals surface area contributed by atoms with Crippen LogP contribution in [0.1, 0.15) is 26.9 Å². The molecule has 1 atom stereocenters. The summed E-state index contributed by atoms with van der Waals surface area (Å²) in [6.45, 7) is 0. The summed E-state index contributed by atoms with van der Waals surface area (Å²) in [5, 5.41) is 0. The van der Waals surface area contributed by atoms with E-state index in [1.54, 1.807) is 11.3 Å². The number of hydrogen-bond acceptors (Lipinski definition) is 3. The van der Waals surface area contributed by atoms with Crippen molar-refractivity contribution < 1.29 is 8.78 Å². The number of aryl methyl sites for hydroxylation is 1. The Hall–Kier alpha value is -0.910. The molecule has 1 aliphatic rings. The molecule has 0 spiro atoms. The molecule has 1 nitrogen and oxygen atoms in total. The van der Waals surface area contributed by atoms with Crippen molar-refractivity contribution in [2.45, 2.75) is 24.6 Å². The molecule has 2 aromatic rings. The minimum atomic E-state index is -0.552. The minimum absolute atomic E-state index is 0.226. The molecule has 5 heteroatoms. The molecule has 1 unspecified atom stereocenters. The Morgan fingerprint density at radius 2 is 2.10 bits per heavy atom. The summed E-state index contributed by atoms with van der Waals surface area (Å²) in [4.78, 5) is 2.51. The largest absolute Gasteiger partial charge is 0.323 e. The van der Waals surface area contributed by atoms with Crippen LogP contribution in [0.2, 0.25) is 0 Å². The first-order valence-electron chi connectivity index (χ1n) is 6.52. The van der Waals surface area contributed by atoms with Crippen molar-refractivity contribution >= 4 is 23.1 Å². The zero-order valence-electron chi connectivity index (χ0n) is 10.9. The van der Waals surface area contributed by atoms with Crippen molar-refractivity contribution in [2.24, 2.45) is 5.73 Å². The molecule has 1 aromatic heterocycles. The average molecular weight is 311 g/mol. The van der Waals surface area contributed by atoms with Gasteiger partial charge >= 0.3 is 0 Å². The number of fused-ring (bicyclic) bond motifs is 1. The molecule has 0 aliphatic carbocycles.